The zero-order valence-corrected chi connectivity index (χ0v) is 11.3. The summed E-state index contributed by atoms with van der Waals surface area (Å²) in [5.41, 5.74) is 2.33. The van der Waals surface area contributed by atoms with E-state index in [0.717, 1.165) is 28.4 Å². The lowest BCUT2D eigenvalue weighted by atomic mass is 10.2. The zero-order chi connectivity index (χ0) is 11.7. The first kappa shape index (κ1) is 10.8. The van der Waals surface area contributed by atoms with Crippen LogP contribution in [0.5, 0.6) is 0 Å². The van der Waals surface area contributed by atoms with Crippen molar-refractivity contribution in [3.05, 3.63) is 45.9 Å². The standard InChI is InChI=1S/C12H11IN4/c13-11-10-12(15-7-14-11)17(8-16-10)6-9-4-2-1-3-5-9/h1-5,7,16H,6,8H2. The Morgan fingerprint density at radius 2 is 2.06 bits per heavy atom. The number of benzene rings is 1. The third-order valence-electron chi connectivity index (χ3n) is 2.74. The Labute approximate surface area is 113 Å². The summed E-state index contributed by atoms with van der Waals surface area (Å²) in [6.45, 7) is 1.66. The van der Waals surface area contributed by atoms with Crippen molar-refractivity contribution in [3.8, 4) is 0 Å². The number of fused-ring (bicyclic) bond motifs is 1. The molecule has 2 aromatic rings. The predicted molar refractivity (Wildman–Crippen MR) is 75.9 cm³/mol. The van der Waals surface area contributed by atoms with E-state index in [-0.39, 0.29) is 0 Å². The Morgan fingerprint density at radius 3 is 2.88 bits per heavy atom. The van der Waals surface area contributed by atoms with Crippen molar-refractivity contribution < 1.29 is 0 Å². The molecule has 0 radical (unpaired) electrons. The van der Waals surface area contributed by atoms with Crippen LogP contribution < -0.4 is 10.2 Å². The highest BCUT2D eigenvalue weighted by molar-refractivity contribution is 14.1. The van der Waals surface area contributed by atoms with E-state index in [1.165, 1.54) is 5.56 Å². The fourth-order valence-electron chi connectivity index (χ4n) is 1.93. The molecule has 17 heavy (non-hydrogen) atoms. The van der Waals surface area contributed by atoms with Crippen LogP contribution in [0.1, 0.15) is 5.56 Å². The van der Waals surface area contributed by atoms with E-state index in [2.05, 4.69) is 67.0 Å². The number of rotatable bonds is 2. The number of halogens is 1. The van der Waals surface area contributed by atoms with E-state index in [9.17, 15) is 0 Å². The predicted octanol–water partition coefficient (Wildman–Crippen LogP) is 2.47. The fourth-order valence-corrected chi connectivity index (χ4v) is 2.49. The van der Waals surface area contributed by atoms with Crippen molar-refractivity contribution in [2.75, 3.05) is 16.9 Å². The fraction of sp³-hybridized carbons (Fsp3) is 0.167. The quantitative estimate of drug-likeness (QED) is 0.675. The molecule has 0 bridgehead atoms. The van der Waals surface area contributed by atoms with Gasteiger partial charge in [0, 0.05) is 6.54 Å². The number of anilines is 2. The second kappa shape index (κ2) is 4.48. The summed E-state index contributed by atoms with van der Waals surface area (Å²) in [4.78, 5) is 10.7. The van der Waals surface area contributed by atoms with Gasteiger partial charge < -0.3 is 10.2 Å². The van der Waals surface area contributed by atoms with Crippen LogP contribution in [0.3, 0.4) is 0 Å². The van der Waals surface area contributed by atoms with Crippen LogP contribution in [0.25, 0.3) is 0 Å². The summed E-state index contributed by atoms with van der Waals surface area (Å²) < 4.78 is 0.975. The molecular weight excluding hydrogens is 327 g/mol. The lowest BCUT2D eigenvalue weighted by molar-refractivity contribution is 0.854. The molecule has 1 aromatic carbocycles. The summed E-state index contributed by atoms with van der Waals surface area (Å²) in [6.07, 6.45) is 1.62. The molecule has 0 atom stereocenters. The minimum atomic E-state index is 0.791. The van der Waals surface area contributed by atoms with Crippen LogP contribution in [0.15, 0.2) is 36.7 Å². The Hall–Kier alpha value is -1.37. The molecule has 0 fully saturated rings. The second-order valence-corrected chi connectivity index (χ2v) is 4.90. The SMILES string of the molecule is Ic1ncnc2c1NCN2Cc1ccccc1. The minimum Gasteiger partial charge on any atom is -0.363 e. The molecule has 5 heteroatoms. The van der Waals surface area contributed by atoms with Gasteiger partial charge in [-0.05, 0) is 28.2 Å². The third kappa shape index (κ3) is 2.06. The summed E-state index contributed by atoms with van der Waals surface area (Å²) in [7, 11) is 0. The highest BCUT2D eigenvalue weighted by Gasteiger charge is 2.22. The summed E-state index contributed by atoms with van der Waals surface area (Å²) in [5, 5.41) is 3.33. The van der Waals surface area contributed by atoms with E-state index < -0.39 is 0 Å². The number of nitrogens with one attached hydrogen (secondary N) is 1. The van der Waals surface area contributed by atoms with Gasteiger partial charge in [0.1, 0.15) is 15.7 Å². The van der Waals surface area contributed by atoms with E-state index >= 15 is 0 Å². The van der Waals surface area contributed by atoms with Gasteiger partial charge in [0.15, 0.2) is 5.82 Å². The van der Waals surface area contributed by atoms with Gasteiger partial charge in [-0.15, -0.1) is 0 Å². The van der Waals surface area contributed by atoms with Crippen LogP contribution in [0.4, 0.5) is 11.5 Å². The van der Waals surface area contributed by atoms with E-state index in [1.807, 2.05) is 6.07 Å². The molecule has 4 nitrogen and oxygen atoms in total. The van der Waals surface area contributed by atoms with Crippen molar-refractivity contribution in [1.29, 1.82) is 0 Å². The highest BCUT2D eigenvalue weighted by Crippen LogP contribution is 2.32. The molecule has 0 amide bonds. The average Bonchev–Trinajstić information content (AvgIpc) is 2.76. The maximum Gasteiger partial charge on any atom is 0.158 e. The first-order valence-corrected chi connectivity index (χ1v) is 6.46. The van der Waals surface area contributed by atoms with Crippen molar-refractivity contribution in [2.24, 2.45) is 0 Å². The second-order valence-electron chi connectivity index (χ2n) is 3.88. The van der Waals surface area contributed by atoms with E-state index in [0.29, 0.717) is 0 Å². The van der Waals surface area contributed by atoms with Crippen molar-refractivity contribution in [1.82, 2.24) is 9.97 Å². The van der Waals surface area contributed by atoms with Crippen molar-refractivity contribution >= 4 is 34.1 Å². The number of hydrogen-bond acceptors (Lipinski definition) is 4. The van der Waals surface area contributed by atoms with Gasteiger partial charge in [-0.3, -0.25) is 0 Å². The maximum atomic E-state index is 4.35. The number of aromatic nitrogens is 2. The van der Waals surface area contributed by atoms with Crippen molar-refractivity contribution in [3.63, 3.8) is 0 Å². The molecule has 86 valence electrons. The third-order valence-corrected chi connectivity index (χ3v) is 3.56. The molecule has 2 heterocycles. The Balaban J connectivity index is 1.87. The molecule has 1 aromatic heterocycles. The van der Waals surface area contributed by atoms with Gasteiger partial charge in [-0.2, -0.15) is 0 Å². The topological polar surface area (TPSA) is 41.1 Å². The maximum absolute atomic E-state index is 4.35. The van der Waals surface area contributed by atoms with Crippen LogP contribution in [-0.4, -0.2) is 16.6 Å². The largest absolute Gasteiger partial charge is 0.363 e. The van der Waals surface area contributed by atoms with Gasteiger partial charge >= 0.3 is 0 Å². The normalized spacial score (nSPS) is 13.4. The van der Waals surface area contributed by atoms with Gasteiger partial charge in [0.2, 0.25) is 0 Å². The molecular formula is C12H11IN4. The van der Waals surface area contributed by atoms with Gasteiger partial charge in [-0.25, -0.2) is 9.97 Å². The average molecular weight is 338 g/mol. The van der Waals surface area contributed by atoms with Gasteiger partial charge in [-0.1, -0.05) is 30.3 Å². The van der Waals surface area contributed by atoms with E-state index in [1.54, 1.807) is 6.33 Å². The van der Waals surface area contributed by atoms with E-state index in [4.69, 9.17) is 0 Å². The molecule has 0 spiro atoms. The first-order chi connectivity index (χ1) is 8.34. The highest BCUT2D eigenvalue weighted by atomic mass is 127. The molecule has 0 saturated heterocycles. The Morgan fingerprint density at radius 1 is 1.24 bits per heavy atom. The summed E-state index contributed by atoms with van der Waals surface area (Å²) in [6, 6.07) is 10.4. The van der Waals surface area contributed by atoms with Gasteiger partial charge in [0.25, 0.3) is 0 Å². The Bertz CT molecular complexity index is 529. The molecule has 0 saturated carbocycles. The molecule has 1 aliphatic heterocycles. The first-order valence-electron chi connectivity index (χ1n) is 5.38. The monoisotopic (exact) mass is 338 g/mol. The molecule has 0 unspecified atom stereocenters. The lowest BCUT2D eigenvalue weighted by Crippen LogP contribution is -2.22. The van der Waals surface area contributed by atoms with Crippen LogP contribution in [-0.2, 0) is 6.54 Å². The number of hydrogen-bond donors (Lipinski definition) is 1. The van der Waals surface area contributed by atoms with Gasteiger partial charge in [0.05, 0.1) is 6.67 Å². The lowest BCUT2D eigenvalue weighted by Gasteiger charge is -2.16. The number of nitrogens with zero attached hydrogens (tertiary/aromatic N) is 3. The van der Waals surface area contributed by atoms with Crippen LogP contribution in [0.2, 0.25) is 0 Å². The molecule has 1 aliphatic rings. The summed E-state index contributed by atoms with van der Waals surface area (Å²) in [5.74, 6) is 0.994. The van der Waals surface area contributed by atoms with Crippen LogP contribution in [0, 0.1) is 3.70 Å². The summed E-state index contributed by atoms with van der Waals surface area (Å²) >= 11 is 2.23. The van der Waals surface area contributed by atoms with Crippen LogP contribution >= 0.6 is 22.6 Å². The Kier molecular flexibility index (Phi) is 2.84. The molecule has 0 aliphatic carbocycles. The zero-order valence-electron chi connectivity index (χ0n) is 9.10. The van der Waals surface area contributed by atoms with Crippen molar-refractivity contribution in [2.45, 2.75) is 6.54 Å². The smallest absolute Gasteiger partial charge is 0.158 e. The molecule has 1 N–H and O–H groups in total. The minimum absolute atomic E-state index is 0.791. The molecule has 3 rings (SSSR count).